The van der Waals surface area contributed by atoms with E-state index in [1.807, 2.05) is 60.7 Å². The third kappa shape index (κ3) is 3.51. The van der Waals surface area contributed by atoms with Gasteiger partial charge in [-0.3, -0.25) is 0 Å². The van der Waals surface area contributed by atoms with Gasteiger partial charge in [0.2, 0.25) is 0 Å². The molecule has 0 saturated heterocycles. The van der Waals surface area contributed by atoms with Crippen LogP contribution in [-0.2, 0) is 6.42 Å². The van der Waals surface area contributed by atoms with E-state index in [0.717, 1.165) is 11.1 Å². The first kappa shape index (κ1) is 14.9. The summed E-state index contributed by atoms with van der Waals surface area (Å²) in [4.78, 5) is 0. The molecule has 0 aliphatic heterocycles. The second kappa shape index (κ2) is 7.29. The standard InChI is InChI=1S/C18H12N4/c19-11-16(12-20)18(13-21)22-17-9-5-4-8-15(17)10-14-6-2-1-3-7-14/h1-9,22H,10H2. The molecule has 0 fully saturated rings. The van der Waals surface area contributed by atoms with Gasteiger partial charge in [-0.15, -0.1) is 0 Å². The van der Waals surface area contributed by atoms with Crippen LogP contribution in [-0.4, -0.2) is 0 Å². The van der Waals surface area contributed by atoms with Gasteiger partial charge in [0.15, 0.2) is 5.57 Å². The summed E-state index contributed by atoms with van der Waals surface area (Å²) in [7, 11) is 0. The molecule has 0 unspecified atom stereocenters. The van der Waals surface area contributed by atoms with Crippen LogP contribution < -0.4 is 5.32 Å². The van der Waals surface area contributed by atoms with Crippen LogP contribution in [0.25, 0.3) is 0 Å². The van der Waals surface area contributed by atoms with E-state index in [2.05, 4.69) is 5.32 Å². The molecule has 2 rings (SSSR count). The number of para-hydroxylation sites is 1. The lowest BCUT2D eigenvalue weighted by atomic mass is 10.0. The molecule has 0 radical (unpaired) electrons. The van der Waals surface area contributed by atoms with E-state index in [4.69, 9.17) is 15.8 Å². The molecule has 0 atom stereocenters. The van der Waals surface area contributed by atoms with Crippen molar-refractivity contribution in [2.75, 3.05) is 5.32 Å². The lowest BCUT2D eigenvalue weighted by Crippen LogP contribution is -2.03. The van der Waals surface area contributed by atoms with Crippen molar-refractivity contribution in [1.82, 2.24) is 0 Å². The second-order valence-corrected chi connectivity index (χ2v) is 4.53. The zero-order valence-corrected chi connectivity index (χ0v) is 11.7. The van der Waals surface area contributed by atoms with Crippen LogP contribution >= 0.6 is 0 Å². The maximum absolute atomic E-state index is 9.13. The number of benzene rings is 2. The maximum Gasteiger partial charge on any atom is 0.163 e. The third-order valence-electron chi connectivity index (χ3n) is 3.10. The Morgan fingerprint density at radius 3 is 2.09 bits per heavy atom. The summed E-state index contributed by atoms with van der Waals surface area (Å²) in [5, 5.41) is 29.8. The minimum atomic E-state index is -0.225. The first-order valence-corrected chi connectivity index (χ1v) is 6.62. The Morgan fingerprint density at radius 1 is 0.818 bits per heavy atom. The van der Waals surface area contributed by atoms with Gasteiger partial charge in [0, 0.05) is 5.69 Å². The lowest BCUT2D eigenvalue weighted by molar-refractivity contribution is 1.19. The monoisotopic (exact) mass is 284 g/mol. The second-order valence-electron chi connectivity index (χ2n) is 4.53. The molecule has 2 aromatic rings. The topological polar surface area (TPSA) is 83.4 Å². The number of anilines is 1. The van der Waals surface area contributed by atoms with Crippen LogP contribution in [0.1, 0.15) is 11.1 Å². The van der Waals surface area contributed by atoms with Crippen molar-refractivity contribution in [3.8, 4) is 18.2 Å². The summed E-state index contributed by atoms with van der Waals surface area (Å²) >= 11 is 0. The molecule has 104 valence electrons. The Labute approximate surface area is 129 Å². The fraction of sp³-hybridized carbons (Fsp3) is 0.0556. The van der Waals surface area contributed by atoms with E-state index in [9.17, 15) is 0 Å². The number of hydrogen-bond donors (Lipinski definition) is 1. The van der Waals surface area contributed by atoms with Crippen molar-refractivity contribution in [3.63, 3.8) is 0 Å². The highest BCUT2D eigenvalue weighted by Gasteiger charge is 2.09. The van der Waals surface area contributed by atoms with E-state index < -0.39 is 0 Å². The van der Waals surface area contributed by atoms with E-state index in [1.54, 1.807) is 12.1 Å². The average Bonchev–Trinajstić information content (AvgIpc) is 2.57. The van der Waals surface area contributed by atoms with Gasteiger partial charge in [0.05, 0.1) is 0 Å². The number of nitriles is 3. The first-order valence-electron chi connectivity index (χ1n) is 6.62. The fourth-order valence-electron chi connectivity index (χ4n) is 2.03. The number of rotatable bonds is 4. The van der Waals surface area contributed by atoms with Crippen LogP contribution in [0.5, 0.6) is 0 Å². The molecule has 0 spiro atoms. The van der Waals surface area contributed by atoms with Gasteiger partial charge in [-0.05, 0) is 23.6 Å². The minimum Gasteiger partial charge on any atom is -0.345 e. The summed E-state index contributed by atoms with van der Waals surface area (Å²) in [6.07, 6.45) is 0.692. The molecular formula is C18H12N4. The van der Waals surface area contributed by atoms with E-state index >= 15 is 0 Å². The predicted octanol–water partition coefficient (Wildman–Crippen LogP) is 3.51. The predicted molar refractivity (Wildman–Crippen MR) is 83.2 cm³/mol. The maximum atomic E-state index is 9.13. The summed E-state index contributed by atoms with van der Waals surface area (Å²) in [5.41, 5.74) is 2.57. The number of nitrogens with zero attached hydrogens (tertiary/aromatic N) is 3. The molecular weight excluding hydrogens is 272 g/mol. The van der Waals surface area contributed by atoms with Crippen LogP contribution in [0.3, 0.4) is 0 Å². The summed E-state index contributed by atoms with van der Waals surface area (Å²) in [6.45, 7) is 0. The summed E-state index contributed by atoms with van der Waals surface area (Å²) < 4.78 is 0. The van der Waals surface area contributed by atoms with Gasteiger partial charge in [-0.2, -0.15) is 15.8 Å². The molecule has 4 nitrogen and oxygen atoms in total. The quantitative estimate of drug-likeness (QED) is 0.871. The summed E-state index contributed by atoms with van der Waals surface area (Å²) in [5.74, 6) is 0. The first-order chi connectivity index (χ1) is 10.8. The largest absolute Gasteiger partial charge is 0.345 e. The van der Waals surface area contributed by atoms with Gasteiger partial charge in [0.1, 0.15) is 23.9 Å². The van der Waals surface area contributed by atoms with Gasteiger partial charge in [-0.1, -0.05) is 48.5 Å². The Bertz CT molecular complexity index is 799. The molecule has 0 bridgehead atoms. The smallest absolute Gasteiger partial charge is 0.163 e. The van der Waals surface area contributed by atoms with Crippen molar-refractivity contribution < 1.29 is 0 Å². The highest BCUT2D eigenvalue weighted by atomic mass is 14.9. The Balaban J connectivity index is 2.34. The van der Waals surface area contributed by atoms with Crippen molar-refractivity contribution in [1.29, 1.82) is 15.8 Å². The van der Waals surface area contributed by atoms with Crippen LogP contribution in [0.2, 0.25) is 0 Å². The van der Waals surface area contributed by atoms with Crippen molar-refractivity contribution in [3.05, 3.63) is 77.0 Å². The van der Waals surface area contributed by atoms with E-state index in [1.165, 1.54) is 0 Å². The highest BCUT2D eigenvalue weighted by molar-refractivity contribution is 5.62. The Kier molecular flexibility index (Phi) is 4.92. The zero-order chi connectivity index (χ0) is 15.8. The van der Waals surface area contributed by atoms with E-state index in [-0.39, 0.29) is 11.3 Å². The van der Waals surface area contributed by atoms with Gasteiger partial charge in [-0.25, -0.2) is 0 Å². The van der Waals surface area contributed by atoms with Gasteiger partial charge < -0.3 is 5.32 Å². The molecule has 4 heteroatoms. The molecule has 2 aromatic carbocycles. The van der Waals surface area contributed by atoms with Gasteiger partial charge >= 0.3 is 0 Å². The van der Waals surface area contributed by atoms with Crippen LogP contribution in [0.4, 0.5) is 5.69 Å². The van der Waals surface area contributed by atoms with Crippen molar-refractivity contribution in [2.24, 2.45) is 0 Å². The van der Waals surface area contributed by atoms with Crippen LogP contribution in [0.15, 0.2) is 65.9 Å². The average molecular weight is 284 g/mol. The molecule has 22 heavy (non-hydrogen) atoms. The fourth-order valence-corrected chi connectivity index (χ4v) is 2.03. The molecule has 0 aliphatic rings. The molecule has 1 N–H and O–H groups in total. The SMILES string of the molecule is N#CC(C#N)=C(C#N)Nc1ccccc1Cc1ccccc1. The lowest BCUT2D eigenvalue weighted by Gasteiger charge is -2.11. The van der Waals surface area contributed by atoms with E-state index in [0.29, 0.717) is 12.1 Å². The summed E-state index contributed by atoms with van der Waals surface area (Å²) in [6, 6.07) is 22.8. The van der Waals surface area contributed by atoms with Crippen molar-refractivity contribution >= 4 is 5.69 Å². The molecule has 0 amide bonds. The molecule has 0 aromatic heterocycles. The Hall–Kier alpha value is -3.55. The molecule has 0 aliphatic carbocycles. The normalized spacial score (nSPS) is 8.95. The third-order valence-corrected chi connectivity index (χ3v) is 3.10. The zero-order valence-electron chi connectivity index (χ0n) is 11.7. The van der Waals surface area contributed by atoms with Crippen LogP contribution in [0, 0.1) is 34.0 Å². The molecule has 0 saturated carbocycles. The minimum absolute atomic E-state index is 0.0366. The number of allylic oxidation sites excluding steroid dienone is 2. The molecule has 0 heterocycles. The van der Waals surface area contributed by atoms with Crippen molar-refractivity contribution in [2.45, 2.75) is 6.42 Å². The highest BCUT2D eigenvalue weighted by Crippen LogP contribution is 2.21. The Morgan fingerprint density at radius 2 is 1.45 bits per heavy atom. The van der Waals surface area contributed by atoms with Gasteiger partial charge in [0.25, 0.3) is 0 Å². The number of nitrogens with one attached hydrogen (secondary N) is 1. The number of hydrogen-bond acceptors (Lipinski definition) is 4.